The maximum Gasteiger partial charge on any atom is 0.254 e. The normalized spacial score (nSPS) is 10.4. The summed E-state index contributed by atoms with van der Waals surface area (Å²) >= 11 is 5.40. The summed E-state index contributed by atoms with van der Waals surface area (Å²) in [5.74, 6) is -2.30. The summed E-state index contributed by atoms with van der Waals surface area (Å²) in [5, 5.41) is 5.23. The first kappa shape index (κ1) is 14.9. The number of rotatable bonds is 6. The van der Waals surface area contributed by atoms with Gasteiger partial charge in [0, 0.05) is 13.1 Å². The van der Waals surface area contributed by atoms with Crippen LogP contribution in [0.2, 0.25) is 5.02 Å². The fourth-order valence-corrected chi connectivity index (χ4v) is 1.51. The van der Waals surface area contributed by atoms with Crippen LogP contribution in [0.5, 0.6) is 0 Å². The van der Waals surface area contributed by atoms with Crippen LogP contribution < -0.4 is 10.6 Å². The van der Waals surface area contributed by atoms with E-state index in [1.54, 1.807) is 0 Å². The molecule has 0 heterocycles. The third kappa shape index (κ3) is 4.23. The van der Waals surface area contributed by atoms with Gasteiger partial charge in [0.05, 0.1) is 10.6 Å². The van der Waals surface area contributed by atoms with E-state index in [1.807, 2.05) is 6.92 Å². The number of carbonyl (C=O) groups excluding carboxylic acids is 1. The fourth-order valence-electron chi connectivity index (χ4n) is 1.36. The van der Waals surface area contributed by atoms with E-state index in [2.05, 4.69) is 10.6 Å². The predicted molar refractivity (Wildman–Crippen MR) is 66.9 cm³/mol. The minimum absolute atomic E-state index is 0.339. The van der Waals surface area contributed by atoms with Crippen molar-refractivity contribution in [2.24, 2.45) is 0 Å². The van der Waals surface area contributed by atoms with Crippen LogP contribution in [0.4, 0.5) is 8.78 Å². The number of amides is 1. The Kier molecular flexibility index (Phi) is 6.01. The van der Waals surface area contributed by atoms with Gasteiger partial charge in [0.15, 0.2) is 0 Å². The van der Waals surface area contributed by atoms with Crippen LogP contribution in [-0.4, -0.2) is 25.5 Å². The van der Waals surface area contributed by atoms with Crippen molar-refractivity contribution in [2.75, 3.05) is 19.6 Å². The van der Waals surface area contributed by atoms with Crippen molar-refractivity contribution in [2.45, 2.75) is 13.3 Å². The molecule has 0 fully saturated rings. The molecule has 6 heteroatoms. The van der Waals surface area contributed by atoms with Gasteiger partial charge in [-0.05, 0) is 25.1 Å². The molecule has 0 bridgehead atoms. The van der Waals surface area contributed by atoms with Crippen LogP contribution in [0.25, 0.3) is 0 Å². The largest absolute Gasteiger partial charge is 0.351 e. The van der Waals surface area contributed by atoms with Crippen LogP contribution >= 0.6 is 11.6 Å². The van der Waals surface area contributed by atoms with Crippen molar-refractivity contribution in [3.05, 3.63) is 34.4 Å². The van der Waals surface area contributed by atoms with Gasteiger partial charge in [-0.1, -0.05) is 18.5 Å². The molecule has 1 rings (SSSR count). The molecule has 0 saturated carbocycles. The highest BCUT2D eigenvalue weighted by Gasteiger charge is 2.14. The molecule has 0 spiro atoms. The second-order valence-corrected chi connectivity index (χ2v) is 4.16. The predicted octanol–water partition coefficient (Wildman–Crippen LogP) is 2.35. The topological polar surface area (TPSA) is 41.1 Å². The molecule has 0 aromatic heterocycles. The summed E-state index contributed by atoms with van der Waals surface area (Å²) in [5.41, 5.74) is -0.340. The molecule has 1 aromatic carbocycles. The average molecular weight is 277 g/mol. The van der Waals surface area contributed by atoms with Crippen molar-refractivity contribution in [3.63, 3.8) is 0 Å². The van der Waals surface area contributed by atoms with E-state index in [4.69, 9.17) is 11.6 Å². The Morgan fingerprint density at radius 1 is 1.22 bits per heavy atom. The monoisotopic (exact) mass is 276 g/mol. The number of benzene rings is 1. The van der Waals surface area contributed by atoms with E-state index in [9.17, 15) is 13.6 Å². The van der Waals surface area contributed by atoms with E-state index in [1.165, 1.54) is 0 Å². The summed E-state index contributed by atoms with van der Waals surface area (Å²) in [6.07, 6.45) is 0.991. The summed E-state index contributed by atoms with van der Waals surface area (Å²) in [7, 11) is 0. The van der Waals surface area contributed by atoms with Crippen molar-refractivity contribution >= 4 is 17.5 Å². The van der Waals surface area contributed by atoms with E-state index in [0.29, 0.717) is 13.1 Å². The Labute approximate surface area is 110 Å². The first-order valence-corrected chi connectivity index (χ1v) is 6.07. The first-order valence-electron chi connectivity index (χ1n) is 5.69. The van der Waals surface area contributed by atoms with Crippen molar-refractivity contribution in [1.82, 2.24) is 10.6 Å². The second-order valence-electron chi connectivity index (χ2n) is 3.75. The Hall–Kier alpha value is -1.20. The molecule has 0 aliphatic heterocycles. The van der Waals surface area contributed by atoms with Gasteiger partial charge in [-0.3, -0.25) is 4.79 Å². The molecule has 100 valence electrons. The smallest absolute Gasteiger partial charge is 0.254 e. The lowest BCUT2D eigenvalue weighted by atomic mass is 10.2. The van der Waals surface area contributed by atoms with Gasteiger partial charge in [0.25, 0.3) is 5.91 Å². The maximum absolute atomic E-state index is 13.4. The van der Waals surface area contributed by atoms with Gasteiger partial charge in [-0.25, -0.2) is 8.78 Å². The number of halogens is 3. The summed E-state index contributed by atoms with van der Waals surface area (Å²) in [6.45, 7) is 3.80. The standard InChI is InChI=1S/C12H15ClF2N2O/c1-2-3-16-4-5-17-12(18)8-6-11(15)9(13)7-10(8)14/h6-7,16H,2-5H2,1H3,(H,17,18). The molecule has 18 heavy (non-hydrogen) atoms. The van der Waals surface area contributed by atoms with E-state index in [-0.39, 0.29) is 10.6 Å². The molecule has 0 saturated heterocycles. The molecule has 0 unspecified atom stereocenters. The first-order chi connectivity index (χ1) is 8.56. The zero-order valence-corrected chi connectivity index (χ0v) is 10.8. The maximum atomic E-state index is 13.4. The lowest BCUT2D eigenvalue weighted by molar-refractivity contribution is 0.0949. The molecule has 0 atom stereocenters. The highest BCUT2D eigenvalue weighted by molar-refractivity contribution is 6.30. The van der Waals surface area contributed by atoms with Crippen LogP contribution in [0.1, 0.15) is 23.7 Å². The molecule has 0 radical (unpaired) electrons. The van der Waals surface area contributed by atoms with Crippen LogP contribution in [0, 0.1) is 11.6 Å². The van der Waals surface area contributed by atoms with Crippen molar-refractivity contribution < 1.29 is 13.6 Å². The van der Waals surface area contributed by atoms with Crippen molar-refractivity contribution in [3.8, 4) is 0 Å². The van der Waals surface area contributed by atoms with Crippen LogP contribution in [0.3, 0.4) is 0 Å². The molecule has 0 aliphatic carbocycles. The Balaban J connectivity index is 2.54. The average Bonchev–Trinajstić information content (AvgIpc) is 2.33. The van der Waals surface area contributed by atoms with E-state index in [0.717, 1.165) is 25.1 Å². The quantitative estimate of drug-likeness (QED) is 0.619. The summed E-state index contributed by atoms with van der Waals surface area (Å²) in [6, 6.07) is 1.59. The Bertz CT molecular complexity index is 427. The molecular formula is C12H15ClF2N2O. The molecule has 1 aromatic rings. The minimum Gasteiger partial charge on any atom is -0.351 e. The number of nitrogens with one attached hydrogen (secondary N) is 2. The zero-order valence-electron chi connectivity index (χ0n) is 10.0. The minimum atomic E-state index is -0.833. The lowest BCUT2D eigenvalue weighted by Gasteiger charge is -2.07. The van der Waals surface area contributed by atoms with Crippen LogP contribution in [0.15, 0.2) is 12.1 Å². The number of carbonyl (C=O) groups is 1. The third-order valence-electron chi connectivity index (χ3n) is 2.27. The fraction of sp³-hybridized carbons (Fsp3) is 0.417. The Morgan fingerprint density at radius 2 is 1.94 bits per heavy atom. The van der Waals surface area contributed by atoms with E-state index < -0.39 is 17.5 Å². The van der Waals surface area contributed by atoms with Gasteiger partial charge in [0.2, 0.25) is 0 Å². The molecular weight excluding hydrogens is 262 g/mol. The second kappa shape index (κ2) is 7.28. The van der Waals surface area contributed by atoms with Crippen molar-refractivity contribution in [1.29, 1.82) is 0 Å². The Morgan fingerprint density at radius 3 is 2.61 bits per heavy atom. The van der Waals surface area contributed by atoms with E-state index >= 15 is 0 Å². The van der Waals surface area contributed by atoms with Gasteiger partial charge < -0.3 is 10.6 Å². The number of hydrogen-bond acceptors (Lipinski definition) is 2. The molecule has 2 N–H and O–H groups in total. The molecule has 0 aliphatic rings. The molecule has 3 nitrogen and oxygen atoms in total. The lowest BCUT2D eigenvalue weighted by Crippen LogP contribution is -2.32. The van der Waals surface area contributed by atoms with Crippen LogP contribution in [-0.2, 0) is 0 Å². The highest BCUT2D eigenvalue weighted by atomic mass is 35.5. The van der Waals surface area contributed by atoms with Gasteiger partial charge in [-0.2, -0.15) is 0 Å². The van der Waals surface area contributed by atoms with Gasteiger partial charge >= 0.3 is 0 Å². The summed E-state index contributed by atoms with van der Waals surface area (Å²) < 4.78 is 26.5. The summed E-state index contributed by atoms with van der Waals surface area (Å²) in [4.78, 5) is 11.6. The zero-order chi connectivity index (χ0) is 13.5. The van der Waals surface area contributed by atoms with Gasteiger partial charge in [0.1, 0.15) is 11.6 Å². The third-order valence-corrected chi connectivity index (χ3v) is 2.56. The highest BCUT2D eigenvalue weighted by Crippen LogP contribution is 2.19. The number of hydrogen-bond donors (Lipinski definition) is 2. The van der Waals surface area contributed by atoms with Gasteiger partial charge in [-0.15, -0.1) is 0 Å². The molecule has 1 amide bonds. The SMILES string of the molecule is CCCNCCNC(=O)c1cc(F)c(Cl)cc1F.